The number of nitriles is 1. The SMILES string of the molecule is N#Cc1ccc(Oc2ccc(N3ONON(c4ccccc4)O3)cc2)cc1. The minimum atomic E-state index is 0.579. The van der Waals surface area contributed by atoms with Crippen molar-refractivity contribution in [3.05, 3.63) is 84.4 Å². The van der Waals surface area contributed by atoms with E-state index in [1.54, 1.807) is 48.5 Å². The topological polar surface area (TPSA) is 79.2 Å². The van der Waals surface area contributed by atoms with E-state index < -0.39 is 0 Å². The third-order valence-electron chi connectivity index (χ3n) is 3.62. The van der Waals surface area contributed by atoms with E-state index in [-0.39, 0.29) is 0 Å². The number of benzene rings is 3. The molecule has 0 unspecified atom stereocenters. The normalized spacial score (nSPS) is 13.9. The smallest absolute Gasteiger partial charge is 0.127 e. The highest BCUT2D eigenvalue weighted by atomic mass is 17.3. The molecule has 0 bridgehead atoms. The van der Waals surface area contributed by atoms with Gasteiger partial charge in [-0.05, 0) is 66.3 Å². The highest BCUT2D eigenvalue weighted by molar-refractivity contribution is 5.47. The summed E-state index contributed by atoms with van der Waals surface area (Å²) < 4.78 is 5.75. The summed E-state index contributed by atoms with van der Waals surface area (Å²) in [5, 5.41) is 11.2. The number of nitrogens with zero attached hydrogens (tertiary/aromatic N) is 3. The minimum absolute atomic E-state index is 0.579. The molecule has 0 spiro atoms. The van der Waals surface area contributed by atoms with Crippen LogP contribution in [0.4, 0.5) is 11.4 Å². The molecule has 0 atom stereocenters. The van der Waals surface area contributed by atoms with Crippen LogP contribution in [0.3, 0.4) is 0 Å². The van der Waals surface area contributed by atoms with E-state index in [1.807, 2.05) is 30.3 Å². The van der Waals surface area contributed by atoms with Crippen molar-refractivity contribution in [2.24, 2.45) is 0 Å². The van der Waals surface area contributed by atoms with Crippen molar-refractivity contribution in [2.45, 2.75) is 0 Å². The van der Waals surface area contributed by atoms with Crippen molar-refractivity contribution < 1.29 is 19.6 Å². The van der Waals surface area contributed by atoms with Crippen LogP contribution in [0.1, 0.15) is 5.56 Å². The van der Waals surface area contributed by atoms with Gasteiger partial charge < -0.3 is 4.74 Å². The highest BCUT2D eigenvalue weighted by Crippen LogP contribution is 2.27. The number of hydrogen-bond donors (Lipinski definition) is 1. The van der Waals surface area contributed by atoms with E-state index in [9.17, 15) is 0 Å². The number of ether oxygens (including phenoxy) is 1. The van der Waals surface area contributed by atoms with Gasteiger partial charge in [0.05, 0.1) is 23.0 Å². The van der Waals surface area contributed by atoms with Crippen molar-refractivity contribution in [2.75, 3.05) is 10.5 Å². The molecule has 134 valence electrons. The van der Waals surface area contributed by atoms with Gasteiger partial charge in [-0.25, -0.2) is 0 Å². The Kier molecular flexibility index (Phi) is 4.82. The molecule has 0 aromatic heterocycles. The summed E-state index contributed by atoms with van der Waals surface area (Å²) in [6, 6.07) is 25.2. The molecule has 1 heterocycles. The first-order valence-electron chi connectivity index (χ1n) is 8.02. The third kappa shape index (κ3) is 3.98. The quantitative estimate of drug-likeness (QED) is 0.751. The summed E-state index contributed by atoms with van der Waals surface area (Å²) >= 11 is 0. The molecule has 0 saturated carbocycles. The number of rotatable bonds is 4. The molecule has 0 radical (unpaired) electrons. The van der Waals surface area contributed by atoms with E-state index >= 15 is 0 Å². The number of para-hydroxylation sites is 1. The number of hydrogen-bond acceptors (Lipinski definition) is 8. The lowest BCUT2D eigenvalue weighted by Gasteiger charge is -2.32. The van der Waals surface area contributed by atoms with Gasteiger partial charge >= 0.3 is 0 Å². The largest absolute Gasteiger partial charge is 0.457 e. The van der Waals surface area contributed by atoms with Crippen LogP contribution in [0, 0.1) is 11.3 Å². The molecule has 3 aromatic rings. The van der Waals surface area contributed by atoms with Crippen LogP contribution in [0.25, 0.3) is 0 Å². The predicted octanol–water partition coefficient (Wildman–Crippen LogP) is 3.81. The van der Waals surface area contributed by atoms with E-state index in [0.29, 0.717) is 28.4 Å². The molecular formula is C19H14N4O4. The van der Waals surface area contributed by atoms with Gasteiger partial charge in [0.15, 0.2) is 0 Å². The zero-order chi connectivity index (χ0) is 18.5. The molecular weight excluding hydrogens is 348 g/mol. The van der Waals surface area contributed by atoms with Crippen molar-refractivity contribution in [1.82, 2.24) is 5.64 Å². The Labute approximate surface area is 155 Å². The lowest BCUT2D eigenvalue weighted by Crippen LogP contribution is -2.48. The standard InChI is InChI=1S/C19H14N4O4/c20-14-15-6-10-18(11-7-15)24-19-12-8-17(9-13-19)23-26-21-25-22(27-23)16-4-2-1-3-5-16/h1-13,21H. The van der Waals surface area contributed by atoms with Gasteiger partial charge in [0.2, 0.25) is 0 Å². The average Bonchev–Trinajstić information content (AvgIpc) is 2.75. The molecule has 1 aliphatic rings. The van der Waals surface area contributed by atoms with Crippen LogP contribution in [-0.2, 0) is 14.8 Å². The Bertz CT molecular complexity index is 927. The van der Waals surface area contributed by atoms with Crippen molar-refractivity contribution in [3.8, 4) is 17.6 Å². The zero-order valence-electron chi connectivity index (χ0n) is 14.0. The molecule has 3 aromatic carbocycles. The summed E-state index contributed by atoms with van der Waals surface area (Å²) in [5.41, 5.74) is 4.18. The fourth-order valence-electron chi connectivity index (χ4n) is 2.30. The van der Waals surface area contributed by atoms with Gasteiger partial charge in [0, 0.05) is 0 Å². The molecule has 8 heteroatoms. The molecule has 1 N–H and O–H groups in total. The van der Waals surface area contributed by atoms with Gasteiger partial charge in [-0.3, -0.25) is 0 Å². The Morgan fingerprint density at radius 1 is 0.741 bits per heavy atom. The van der Waals surface area contributed by atoms with Crippen molar-refractivity contribution in [3.63, 3.8) is 0 Å². The summed E-state index contributed by atoms with van der Waals surface area (Å²) in [4.78, 5) is 15.7. The van der Waals surface area contributed by atoms with E-state index in [1.165, 1.54) is 5.23 Å². The summed E-state index contributed by atoms with van der Waals surface area (Å²) in [6.45, 7) is 0. The first-order valence-corrected chi connectivity index (χ1v) is 8.02. The van der Waals surface area contributed by atoms with E-state index in [0.717, 1.165) is 5.23 Å². The molecule has 1 saturated heterocycles. The Hall–Kier alpha value is -3.61. The maximum atomic E-state index is 8.83. The third-order valence-corrected chi connectivity index (χ3v) is 3.62. The van der Waals surface area contributed by atoms with Gasteiger partial charge in [-0.2, -0.15) is 5.26 Å². The average molecular weight is 362 g/mol. The molecule has 0 amide bonds. The fraction of sp³-hybridized carbons (Fsp3) is 0. The Balaban J connectivity index is 1.43. The molecule has 27 heavy (non-hydrogen) atoms. The molecule has 8 nitrogen and oxygen atoms in total. The number of anilines is 2. The van der Waals surface area contributed by atoms with Crippen LogP contribution in [-0.4, -0.2) is 0 Å². The number of nitrogens with one attached hydrogen (secondary N) is 1. The summed E-state index contributed by atoms with van der Waals surface area (Å²) in [7, 11) is 0. The van der Waals surface area contributed by atoms with Crippen LogP contribution < -0.4 is 20.8 Å². The Morgan fingerprint density at radius 3 is 1.89 bits per heavy atom. The van der Waals surface area contributed by atoms with Crippen LogP contribution in [0.5, 0.6) is 11.5 Å². The van der Waals surface area contributed by atoms with Crippen molar-refractivity contribution >= 4 is 11.4 Å². The summed E-state index contributed by atoms with van der Waals surface area (Å²) in [5.74, 6) is 1.27. The lowest BCUT2D eigenvalue weighted by atomic mass is 10.2. The van der Waals surface area contributed by atoms with E-state index in [2.05, 4.69) is 11.7 Å². The second-order valence-corrected chi connectivity index (χ2v) is 5.43. The van der Waals surface area contributed by atoms with Crippen molar-refractivity contribution in [1.29, 1.82) is 5.26 Å². The Morgan fingerprint density at radius 2 is 1.30 bits per heavy atom. The molecule has 1 fully saturated rings. The minimum Gasteiger partial charge on any atom is -0.457 e. The molecule has 1 aliphatic heterocycles. The summed E-state index contributed by atoms with van der Waals surface area (Å²) in [6.07, 6.45) is 0. The monoisotopic (exact) mass is 362 g/mol. The fourth-order valence-corrected chi connectivity index (χ4v) is 2.30. The second kappa shape index (κ2) is 7.74. The predicted molar refractivity (Wildman–Crippen MR) is 95.5 cm³/mol. The van der Waals surface area contributed by atoms with Crippen LogP contribution in [0.15, 0.2) is 78.9 Å². The maximum Gasteiger partial charge on any atom is 0.127 e. The maximum absolute atomic E-state index is 8.83. The van der Waals surface area contributed by atoms with Gasteiger partial charge in [-0.1, -0.05) is 33.6 Å². The van der Waals surface area contributed by atoms with Gasteiger partial charge in [-0.15, -0.1) is 9.88 Å². The lowest BCUT2D eigenvalue weighted by molar-refractivity contribution is -0.354. The second-order valence-electron chi connectivity index (χ2n) is 5.43. The first kappa shape index (κ1) is 16.8. The van der Waals surface area contributed by atoms with E-state index in [4.69, 9.17) is 24.8 Å². The molecule has 0 aliphatic carbocycles. The first-order chi connectivity index (χ1) is 13.3. The zero-order valence-corrected chi connectivity index (χ0v) is 14.0. The van der Waals surface area contributed by atoms with Gasteiger partial charge in [0.25, 0.3) is 0 Å². The molecule has 4 rings (SSSR count). The van der Waals surface area contributed by atoms with Crippen LogP contribution >= 0.6 is 0 Å². The van der Waals surface area contributed by atoms with Gasteiger partial charge in [0.1, 0.15) is 11.5 Å². The van der Waals surface area contributed by atoms with Crippen LogP contribution in [0.2, 0.25) is 0 Å². The highest BCUT2D eigenvalue weighted by Gasteiger charge is 2.22.